The predicted molar refractivity (Wildman–Crippen MR) is 79.1 cm³/mol. The van der Waals surface area contributed by atoms with E-state index < -0.39 is 11.6 Å². The van der Waals surface area contributed by atoms with E-state index in [1.165, 1.54) is 12.1 Å². The molecule has 1 aromatic carbocycles. The van der Waals surface area contributed by atoms with Crippen molar-refractivity contribution in [2.45, 2.75) is 25.9 Å². The minimum atomic E-state index is -0.646. The van der Waals surface area contributed by atoms with Crippen LogP contribution in [0, 0.1) is 11.6 Å². The van der Waals surface area contributed by atoms with Gasteiger partial charge in [-0.05, 0) is 31.9 Å². The first-order valence-electron chi connectivity index (χ1n) is 6.68. The van der Waals surface area contributed by atoms with Crippen molar-refractivity contribution in [2.75, 3.05) is 24.6 Å². The Morgan fingerprint density at radius 1 is 1.45 bits per heavy atom. The molecule has 0 amide bonds. The molecule has 0 spiro atoms. The smallest absolute Gasteiger partial charge is 0.150 e. The molecule has 1 unspecified atom stereocenters. The van der Waals surface area contributed by atoms with Crippen LogP contribution in [0.3, 0.4) is 0 Å². The second-order valence-corrected chi connectivity index (χ2v) is 5.27. The minimum Gasteiger partial charge on any atom is -0.389 e. The number of likely N-dealkylation sites (N-methyl/N-ethyl adjacent to an activating group) is 1. The molecule has 0 saturated carbocycles. The van der Waals surface area contributed by atoms with Crippen LogP contribution in [-0.2, 0) is 4.74 Å². The average Bonchev–Trinajstić information content (AvgIpc) is 2.89. The normalized spacial score (nSPS) is 18.2. The molecule has 1 saturated heterocycles. The van der Waals surface area contributed by atoms with E-state index in [-0.39, 0.29) is 22.3 Å². The van der Waals surface area contributed by atoms with E-state index in [0.717, 1.165) is 12.8 Å². The third kappa shape index (κ3) is 3.24. The molecule has 0 aromatic heterocycles. The van der Waals surface area contributed by atoms with Crippen LogP contribution in [0.25, 0.3) is 0 Å². The first-order chi connectivity index (χ1) is 9.52. The molecule has 110 valence electrons. The molecule has 0 radical (unpaired) electrons. The average molecular weight is 300 g/mol. The second-order valence-electron chi connectivity index (χ2n) is 4.83. The van der Waals surface area contributed by atoms with Crippen molar-refractivity contribution in [2.24, 2.45) is 5.73 Å². The van der Waals surface area contributed by atoms with Gasteiger partial charge in [-0.1, -0.05) is 12.2 Å². The fraction of sp³-hybridized carbons (Fsp3) is 0.500. The summed E-state index contributed by atoms with van der Waals surface area (Å²) in [6.45, 7) is 3.56. The van der Waals surface area contributed by atoms with E-state index in [9.17, 15) is 8.78 Å². The highest BCUT2D eigenvalue weighted by Crippen LogP contribution is 2.26. The van der Waals surface area contributed by atoms with Crippen molar-refractivity contribution in [3.05, 3.63) is 29.3 Å². The maximum Gasteiger partial charge on any atom is 0.150 e. The Bertz CT molecular complexity index is 481. The Labute approximate surface area is 122 Å². The third-order valence-electron chi connectivity index (χ3n) is 3.45. The van der Waals surface area contributed by atoms with Crippen molar-refractivity contribution in [3.8, 4) is 0 Å². The first-order valence-corrected chi connectivity index (χ1v) is 7.09. The van der Waals surface area contributed by atoms with Gasteiger partial charge in [0.2, 0.25) is 0 Å². The largest absolute Gasteiger partial charge is 0.389 e. The van der Waals surface area contributed by atoms with Crippen molar-refractivity contribution in [3.63, 3.8) is 0 Å². The molecule has 2 N–H and O–H groups in total. The molecule has 1 aromatic rings. The number of nitrogens with two attached hydrogens (primary N) is 1. The highest BCUT2D eigenvalue weighted by atomic mass is 32.1. The Morgan fingerprint density at radius 3 is 2.55 bits per heavy atom. The van der Waals surface area contributed by atoms with Crippen LogP contribution >= 0.6 is 12.2 Å². The predicted octanol–water partition coefficient (Wildman–Crippen LogP) is 2.60. The van der Waals surface area contributed by atoms with Gasteiger partial charge in [0.1, 0.15) is 22.3 Å². The molecular formula is C14H18F2N2OS. The van der Waals surface area contributed by atoms with Crippen LogP contribution in [0.15, 0.2) is 12.1 Å². The number of halogens is 2. The lowest BCUT2D eigenvalue weighted by molar-refractivity contribution is 0.115. The van der Waals surface area contributed by atoms with Crippen molar-refractivity contribution in [1.82, 2.24) is 0 Å². The Kier molecular flexibility index (Phi) is 4.88. The van der Waals surface area contributed by atoms with Gasteiger partial charge in [-0.25, -0.2) is 8.78 Å². The number of rotatable bonds is 5. The fourth-order valence-corrected chi connectivity index (χ4v) is 2.54. The maximum atomic E-state index is 14.1. The van der Waals surface area contributed by atoms with E-state index in [2.05, 4.69) is 0 Å². The number of benzene rings is 1. The van der Waals surface area contributed by atoms with Crippen molar-refractivity contribution in [1.29, 1.82) is 0 Å². The fourth-order valence-electron chi connectivity index (χ4n) is 2.42. The van der Waals surface area contributed by atoms with Crippen LogP contribution in [0.2, 0.25) is 0 Å². The summed E-state index contributed by atoms with van der Waals surface area (Å²) in [5.74, 6) is -1.29. The van der Waals surface area contributed by atoms with E-state index >= 15 is 0 Å². The van der Waals surface area contributed by atoms with Crippen LogP contribution in [0.1, 0.15) is 25.3 Å². The van der Waals surface area contributed by atoms with Gasteiger partial charge in [-0.2, -0.15) is 0 Å². The zero-order valence-electron chi connectivity index (χ0n) is 11.4. The number of anilines is 1. The lowest BCUT2D eigenvalue weighted by atomic mass is 10.1. The van der Waals surface area contributed by atoms with Gasteiger partial charge in [0.15, 0.2) is 0 Å². The molecule has 1 heterocycles. The summed E-state index contributed by atoms with van der Waals surface area (Å²) < 4.78 is 33.8. The number of hydrogen-bond acceptors (Lipinski definition) is 3. The highest BCUT2D eigenvalue weighted by molar-refractivity contribution is 7.80. The monoisotopic (exact) mass is 300 g/mol. The molecule has 1 aliphatic rings. The SMILES string of the molecule is CCN(CC1CCCO1)c1c(F)cc(C(N)=S)cc1F. The van der Waals surface area contributed by atoms with Gasteiger partial charge in [0, 0.05) is 25.3 Å². The number of thiocarbonyl (C=S) groups is 1. The summed E-state index contributed by atoms with van der Waals surface area (Å²) in [7, 11) is 0. The summed E-state index contributed by atoms with van der Waals surface area (Å²) in [4.78, 5) is 1.64. The minimum absolute atomic E-state index is 0.0171. The van der Waals surface area contributed by atoms with E-state index in [4.69, 9.17) is 22.7 Å². The third-order valence-corrected chi connectivity index (χ3v) is 3.68. The number of nitrogens with zero attached hydrogens (tertiary/aromatic N) is 1. The van der Waals surface area contributed by atoms with Gasteiger partial charge in [0.25, 0.3) is 0 Å². The van der Waals surface area contributed by atoms with Crippen LogP contribution in [0.5, 0.6) is 0 Å². The van der Waals surface area contributed by atoms with Gasteiger partial charge in [-0.3, -0.25) is 0 Å². The van der Waals surface area contributed by atoms with Gasteiger partial charge >= 0.3 is 0 Å². The standard InChI is InChI=1S/C14H18F2N2OS/c1-2-18(8-10-4-3-5-19-10)13-11(15)6-9(14(17)20)7-12(13)16/h6-7,10H,2-5,8H2,1H3,(H2,17,20). The zero-order chi connectivity index (χ0) is 14.7. The van der Waals surface area contributed by atoms with Gasteiger partial charge < -0.3 is 15.4 Å². The van der Waals surface area contributed by atoms with Gasteiger partial charge in [-0.15, -0.1) is 0 Å². The Morgan fingerprint density at radius 2 is 2.10 bits per heavy atom. The van der Waals surface area contributed by atoms with Crippen LogP contribution in [-0.4, -0.2) is 30.8 Å². The van der Waals surface area contributed by atoms with E-state index in [1.807, 2.05) is 6.92 Å². The second kappa shape index (κ2) is 6.45. The molecular weight excluding hydrogens is 282 g/mol. The Hall–Kier alpha value is -1.27. The van der Waals surface area contributed by atoms with Crippen LogP contribution < -0.4 is 10.6 Å². The van der Waals surface area contributed by atoms with Crippen molar-refractivity contribution < 1.29 is 13.5 Å². The molecule has 3 nitrogen and oxygen atoms in total. The summed E-state index contributed by atoms with van der Waals surface area (Å²) >= 11 is 4.75. The first kappa shape index (κ1) is 15.1. The number of ether oxygens (including phenoxy) is 1. The Balaban J connectivity index is 2.26. The highest BCUT2D eigenvalue weighted by Gasteiger charge is 2.23. The molecule has 1 aliphatic heterocycles. The summed E-state index contributed by atoms with van der Waals surface area (Å²) in [5, 5.41) is 0. The maximum absolute atomic E-state index is 14.1. The summed E-state index contributed by atoms with van der Waals surface area (Å²) in [5.41, 5.74) is 5.57. The quantitative estimate of drug-likeness (QED) is 0.848. The molecule has 20 heavy (non-hydrogen) atoms. The molecule has 1 fully saturated rings. The molecule has 1 atom stereocenters. The van der Waals surface area contributed by atoms with Gasteiger partial charge in [0.05, 0.1) is 6.10 Å². The van der Waals surface area contributed by atoms with Crippen LogP contribution in [0.4, 0.5) is 14.5 Å². The van der Waals surface area contributed by atoms with E-state index in [1.54, 1.807) is 4.90 Å². The molecule has 2 rings (SSSR count). The summed E-state index contributed by atoms with van der Waals surface area (Å²) in [6.07, 6.45) is 1.95. The lowest BCUT2D eigenvalue weighted by Crippen LogP contribution is -2.33. The number of hydrogen-bond donors (Lipinski definition) is 1. The molecule has 0 aliphatic carbocycles. The van der Waals surface area contributed by atoms with E-state index in [0.29, 0.717) is 19.7 Å². The molecule has 0 bridgehead atoms. The summed E-state index contributed by atoms with van der Waals surface area (Å²) in [6, 6.07) is 2.36. The zero-order valence-corrected chi connectivity index (χ0v) is 12.2. The van der Waals surface area contributed by atoms with Crippen molar-refractivity contribution >= 4 is 22.9 Å². The molecule has 6 heteroatoms. The topological polar surface area (TPSA) is 38.5 Å². The lowest BCUT2D eigenvalue weighted by Gasteiger charge is -2.27.